The van der Waals surface area contributed by atoms with Crippen molar-refractivity contribution < 1.29 is 24.3 Å². The number of carbonyl (C=O) groups is 2. The van der Waals surface area contributed by atoms with Crippen molar-refractivity contribution in [3.8, 4) is 27.6 Å². The number of amidine groups is 1. The van der Waals surface area contributed by atoms with Gasteiger partial charge in [-0.2, -0.15) is 5.06 Å². The molecular formula is C22H23N3O5S3. The van der Waals surface area contributed by atoms with Gasteiger partial charge in [0.25, 0.3) is 0 Å². The Bertz CT molecular complexity index is 1170. The molecule has 8 nitrogen and oxygen atoms in total. The van der Waals surface area contributed by atoms with E-state index in [0.29, 0.717) is 17.0 Å². The summed E-state index contributed by atoms with van der Waals surface area (Å²) in [5.41, 5.74) is 1.79. The summed E-state index contributed by atoms with van der Waals surface area (Å²) in [6.07, 6.45) is 2.44. The zero-order valence-electron chi connectivity index (χ0n) is 18.4. The van der Waals surface area contributed by atoms with Crippen molar-refractivity contribution in [1.29, 1.82) is 5.41 Å². The van der Waals surface area contributed by atoms with E-state index in [9.17, 15) is 9.59 Å². The fraction of sp³-hybridized carbons (Fsp3) is 0.273. The zero-order chi connectivity index (χ0) is 24.2. The van der Waals surface area contributed by atoms with Crippen LogP contribution in [0.4, 0.5) is 0 Å². The van der Waals surface area contributed by atoms with Crippen LogP contribution in [0.3, 0.4) is 0 Å². The van der Waals surface area contributed by atoms with Gasteiger partial charge in [-0.25, -0.2) is 9.78 Å². The maximum absolute atomic E-state index is 11.5. The molecule has 3 rings (SSSR count). The number of thioether (sulfide) groups is 1. The van der Waals surface area contributed by atoms with Crippen LogP contribution < -0.4 is 4.74 Å². The molecule has 0 aliphatic heterocycles. The van der Waals surface area contributed by atoms with Gasteiger partial charge in [0.2, 0.25) is 6.41 Å². The number of hydrogen-bond donors (Lipinski definition) is 2. The summed E-state index contributed by atoms with van der Waals surface area (Å²) in [6.45, 7) is 5.01. The van der Waals surface area contributed by atoms with E-state index in [-0.39, 0.29) is 5.84 Å². The molecule has 0 fully saturated rings. The summed E-state index contributed by atoms with van der Waals surface area (Å²) in [6, 6.07) is 8.95. The molecule has 0 saturated carbocycles. The van der Waals surface area contributed by atoms with Crippen LogP contribution in [0.1, 0.15) is 25.6 Å². The number of nitrogens with zero attached hydrogens (tertiary/aromatic N) is 2. The molecule has 174 valence electrons. The first-order valence-corrected chi connectivity index (χ1v) is 12.6. The van der Waals surface area contributed by atoms with Crippen molar-refractivity contribution in [3.05, 3.63) is 40.6 Å². The summed E-state index contributed by atoms with van der Waals surface area (Å²) < 4.78 is 6.23. The number of ether oxygens (including phenoxy) is 1. The lowest BCUT2D eigenvalue weighted by Gasteiger charge is -2.26. The van der Waals surface area contributed by atoms with Crippen LogP contribution in [0, 0.1) is 5.41 Å². The number of carbonyl (C=O) groups excluding carboxylic acids is 1. The molecule has 1 aromatic carbocycles. The van der Waals surface area contributed by atoms with Crippen molar-refractivity contribution in [2.45, 2.75) is 30.6 Å². The number of aliphatic carboxylic acids is 1. The highest BCUT2D eigenvalue weighted by Crippen LogP contribution is 2.40. The Balaban J connectivity index is 1.88. The summed E-state index contributed by atoms with van der Waals surface area (Å²) in [7, 11) is 0. The second-order valence-corrected chi connectivity index (χ2v) is 10.7. The SMILES string of the molecule is CSc1sc(C(=N)N(C=O)OC(C)(C)C)cc1-c1nc(-c2cccc(OCC(=O)O)c2)cs1. The Morgan fingerprint density at radius 2 is 2.09 bits per heavy atom. The molecule has 33 heavy (non-hydrogen) atoms. The summed E-state index contributed by atoms with van der Waals surface area (Å²) in [5, 5.41) is 20.9. The Labute approximate surface area is 203 Å². The highest BCUT2D eigenvalue weighted by atomic mass is 32.2. The van der Waals surface area contributed by atoms with Crippen molar-refractivity contribution in [3.63, 3.8) is 0 Å². The molecule has 3 aromatic rings. The number of rotatable bonds is 9. The number of aromatic nitrogens is 1. The topological polar surface area (TPSA) is 113 Å². The van der Waals surface area contributed by atoms with E-state index in [4.69, 9.17) is 25.1 Å². The molecule has 0 unspecified atom stereocenters. The Morgan fingerprint density at radius 3 is 2.73 bits per heavy atom. The molecule has 1 amide bonds. The maximum Gasteiger partial charge on any atom is 0.341 e. The molecular weight excluding hydrogens is 482 g/mol. The predicted octanol–water partition coefficient (Wildman–Crippen LogP) is 5.24. The lowest BCUT2D eigenvalue weighted by molar-refractivity contribution is -0.183. The minimum absolute atomic E-state index is 0.0356. The minimum Gasteiger partial charge on any atom is -0.482 e. The molecule has 0 atom stereocenters. The average Bonchev–Trinajstić information content (AvgIpc) is 3.42. The van der Waals surface area contributed by atoms with Crippen LogP contribution in [0.15, 0.2) is 39.9 Å². The van der Waals surface area contributed by atoms with Gasteiger partial charge in [-0.3, -0.25) is 15.0 Å². The fourth-order valence-electron chi connectivity index (χ4n) is 2.74. The van der Waals surface area contributed by atoms with E-state index in [0.717, 1.165) is 31.1 Å². The third-order valence-corrected chi connectivity index (χ3v) is 7.18. The van der Waals surface area contributed by atoms with E-state index in [2.05, 4.69) is 0 Å². The van der Waals surface area contributed by atoms with Crippen LogP contribution in [0.25, 0.3) is 21.8 Å². The molecule has 0 aliphatic carbocycles. The van der Waals surface area contributed by atoms with Crippen molar-refractivity contribution in [1.82, 2.24) is 10.0 Å². The zero-order valence-corrected chi connectivity index (χ0v) is 20.9. The van der Waals surface area contributed by atoms with Crippen LogP contribution in [-0.2, 0) is 14.4 Å². The summed E-state index contributed by atoms with van der Waals surface area (Å²) in [5.74, 6) is -0.624. The third-order valence-electron chi connectivity index (χ3n) is 4.03. The first-order valence-electron chi connectivity index (χ1n) is 9.72. The van der Waals surface area contributed by atoms with Crippen molar-refractivity contribution in [2.24, 2.45) is 0 Å². The van der Waals surface area contributed by atoms with E-state index >= 15 is 0 Å². The Morgan fingerprint density at radius 1 is 1.33 bits per heavy atom. The normalized spacial score (nSPS) is 11.3. The van der Waals surface area contributed by atoms with Gasteiger partial charge in [-0.15, -0.1) is 34.4 Å². The number of thiazole rings is 1. The first-order chi connectivity index (χ1) is 15.6. The van der Waals surface area contributed by atoms with E-state index < -0.39 is 18.2 Å². The van der Waals surface area contributed by atoms with Crippen LogP contribution in [0.5, 0.6) is 5.75 Å². The Hall–Kier alpha value is -2.73. The molecule has 0 aliphatic rings. The Kier molecular flexibility index (Phi) is 7.90. The van der Waals surface area contributed by atoms with Gasteiger partial charge < -0.3 is 9.84 Å². The number of carboxylic acids is 1. The van der Waals surface area contributed by atoms with Gasteiger partial charge >= 0.3 is 5.97 Å². The van der Waals surface area contributed by atoms with Gasteiger partial charge in [0, 0.05) is 16.5 Å². The number of amides is 1. The first kappa shape index (κ1) is 24.9. The average molecular weight is 506 g/mol. The highest BCUT2D eigenvalue weighted by Gasteiger charge is 2.24. The monoisotopic (exact) mass is 505 g/mol. The van der Waals surface area contributed by atoms with Crippen LogP contribution in [0.2, 0.25) is 0 Å². The predicted molar refractivity (Wildman–Crippen MR) is 131 cm³/mol. The van der Waals surface area contributed by atoms with Gasteiger partial charge in [0.1, 0.15) is 10.8 Å². The molecule has 2 heterocycles. The second-order valence-electron chi connectivity index (χ2n) is 7.75. The molecule has 2 N–H and O–H groups in total. The number of benzene rings is 1. The van der Waals surface area contributed by atoms with E-state index in [1.165, 1.54) is 22.7 Å². The molecule has 11 heteroatoms. The number of hydrogen-bond acceptors (Lipinski definition) is 9. The molecule has 0 saturated heterocycles. The van der Waals surface area contributed by atoms with E-state index in [1.54, 1.807) is 30.0 Å². The van der Waals surface area contributed by atoms with Gasteiger partial charge in [-0.1, -0.05) is 12.1 Å². The molecule has 0 bridgehead atoms. The van der Waals surface area contributed by atoms with Crippen LogP contribution >= 0.6 is 34.4 Å². The van der Waals surface area contributed by atoms with Crippen LogP contribution in [-0.4, -0.2) is 51.8 Å². The number of hydroxylamine groups is 2. The molecule has 0 radical (unpaired) electrons. The smallest absolute Gasteiger partial charge is 0.341 e. The lowest BCUT2D eigenvalue weighted by atomic mass is 10.1. The summed E-state index contributed by atoms with van der Waals surface area (Å²) >= 11 is 4.40. The standard InChI is InChI=1S/C22H23N3O5S3/c1-22(2,3)30-25(12-26)19(23)17-9-15(21(31-4)33-17)20-24-16(11-32-20)13-6-5-7-14(8-13)29-10-18(27)28/h5-9,11-12,23H,10H2,1-4H3,(H,27,28). The number of carboxylic acid groups (broad SMARTS) is 1. The van der Waals surface area contributed by atoms with Gasteiger partial charge in [0.15, 0.2) is 12.4 Å². The van der Waals surface area contributed by atoms with Crippen molar-refractivity contribution in [2.75, 3.05) is 12.9 Å². The third kappa shape index (κ3) is 6.41. The maximum atomic E-state index is 11.5. The largest absolute Gasteiger partial charge is 0.482 e. The summed E-state index contributed by atoms with van der Waals surface area (Å²) in [4.78, 5) is 33.2. The van der Waals surface area contributed by atoms with E-state index in [1.807, 2.05) is 44.5 Å². The van der Waals surface area contributed by atoms with Gasteiger partial charge in [-0.05, 0) is 45.2 Å². The van der Waals surface area contributed by atoms with Crippen molar-refractivity contribution >= 4 is 52.7 Å². The number of thiophene rings is 1. The second kappa shape index (κ2) is 10.5. The number of nitrogens with one attached hydrogen (secondary N) is 1. The quantitative estimate of drug-likeness (QED) is 0.134. The fourth-order valence-corrected chi connectivity index (χ4v) is 5.52. The highest BCUT2D eigenvalue weighted by molar-refractivity contribution is 8.00. The molecule has 0 spiro atoms. The van der Waals surface area contributed by atoms with Gasteiger partial charge in [0.05, 0.1) is 20.4 Å². The molecule has 2 aromatic heterocycles. The lowest BCUT2D eigenvalue weighted by Crippen LogP contribution is -2.37. The minimum atomic E-state index is -1.04.